The Morgan fingerprint density at radius 3 is 2.65 bits per heavy atom. The van der Waals surface area contributed by atoms with E-state index in [9.17, 15) is 24.8 Å². The highest BCUT2D eigenvalue weighted by Gasteiger charge is 2.46. The number of carbonyl (C=O) groups is 3. The number of para-hydroxylation sites is 2. The molecule has 11 nitrogen and oxygen atoms in total. The summed E-state index contributed by atoms with van der Waals surface area (Å²) in [6, 6.07) is 15.7. The molecule has 0 fully saturated rings. The maximum absolute atomic E-state index is 13.8. The van der Waals surface area contributed by atoms with Gasteiger partial charge in [0.05, 0.1) is 41.7 Å². The first-order chi connectivity index (χ1) is 20.5. The lowest BCUT2D eigenvalue weighted by molar-refractivity contribution is -0.118. The van der Waals surface area contributed by atoms with Crippen LogP contribution in [0.25, 0.3) is 0 Å². The first-order valence-electron chi connectivity index (χ1n) is 13.2. The fraction of sp³-hybridized carbons (Fsp3) is 0.267. The largest absolute Gasteiger partial charge is 0.496 e. The Balaban J connectivity index is 1.47. The van der Waals surface area contributed by atoms with E-state index in [4.69, 9.17) is 10.5 Å². The molecule has 0 bridgehead atoms. The molecule has 4 N–H and O–H groups in total. The van der Waals surface area contributed by atoms with Gasteiger partial charge in [0.15, 0.2) is 10.1 Å². The third kappa shape index (κ3) is 5.84. The van der Waals surface area contributed by atoms with E-state index in [1.807, 2.05) is 32.0 Å². The summed E-state index contributed by atoms with van der Waals surface area (Å²) in [7, 11) is 1.54. The van der Waals surface area contributed by atoms with Crippen LogP contribution in [0.4, 0.5) is 10.8 Å². The predicted octanol–water partition coefficient (Wildman–Crippen LogP) is 4.92. The van der Waals surface area contributed by atoms with E-state index in [2.05, 4.69) is 21.6 Å². The standard InChI is InChI=1S/C30H28N6O5S2/c1-30(2)12-20-25(21(37)13-30)24(17-9-5-7-11-22(17)41-3)18(14-31)26(32)36(20)28-34-35-29(43-28)42-15-23(38)33-19-10-6-4-8-16(19)27(39)40/h4-11,24H,12-13,15,32H2,1-3H3,(H,33,38)(H,39,40). The minimum absolute atomic E-state index is 0.0137. The van der Waals surface area contributed by atoms with Gasteiger partial charge in [-0.15, -0.1) is 10.2 Å². The number of nitrogens with zero attached hydrogens (tertiary/aromatic N) is 4. The molecule has 5 rings (SSSR count). The van der Waals surface area contributed by atoms with Crippen molar-refractivity contribution in [3.05, 3.63) is 82.3 Å². The summed E-state index contributed by atoms with van der Waals surface area (Å²) in [5.74, 6) is -1.69. The predicted molar refractivity (Wildman–Crippen MR) is 163 cm³/mol. The molecule has 2 heterocycles. The highest BCUT2D eigenvalue weighted by molar-refractivity contribution is 8.01. The summed E-state index contributed by atoms with van der Waals surface area (Å²) in [6.07, 6.45) is 0.813. The van der Waals surface area contributed by atoms with Crippen molar-refractivity contribution in [1.29, 1.82) is 5.26 Å². The first kappa shape index (κ1) is 29.8. The number of aromatic carboxylic acids is 1. The van der Waals surface area contributed by atoms with Gasteiger partial charge in [-0.2, -0.15) is 5.26 Å². The van der Waals surface area contributed by atoms with E-state index >= 15 is 0 Å². The van der Waals surface area contributed by atoms with Crippen LogP contribution in [0, 0.1) is 16.7 Å². The fourth-order valence-electron chi connectivity index (χ4n) is 5.39. The molecule has 1 amide bonds. The van der Waals surface area contributed by atoms with Crippen molar-refractivity contribution in [2.45, 2.75) is 36.9 Å². The molecule has 220 valence electrons. The van der Waals surface area contributed by atoms with Gasteiger partial charge in [0, 0.05) is 23.3 Å². The maximum atomic E-state index is 13.8. The second-order valence-electron chi connectivity index (χ2n) is 10.8. The highest BCUT2D eigenvalue weighted by Crippen LogP contribution is 2.52. The molecule has 43 heavy (non-hydrogen) atoms. The molecule has 2 aliphatic rings. The van der Waals surface area contributed by atoms with Crippen molar-refractivity contribution >= 4 is 51.6 Å². The highest BCUT2D eigenvalue weighted by atomic mass is 32.2. The summed E-state index contributed by atoms with van der Waals surface area (Å²) in [4.78, 5) is 39.5. The average Bonchev–Trinajstić information content (AvgIpc) is 3.43. The molecule has 0 spiro atoms. The summed E-state index contributed by atoms with van der Waals surface area (Å²) >= 11 is 2.30. The zero-order valence-corrected chi connectivity index (χ0v) is 25.2. The maximum Gasteiger partial charge on any atom is 0.337 e. The molecule has 1 atom stereocenters. The van der Waals surface area contributed by atoms with Crippen LogP contribution in [0.5, 0.6) is 5.75 Å². The zero-order chi connectivity index (χ0) is 30.9. The molecule has 1 unspecified atom stereocenters. The zero-order valence-electron chi connectivity index (χ0n) is 23.6. The Morgan fingerprint density at radius 2 is 1.93 bits per heavy atom. The number of amides is 1. The van der Waals surface area contributed by atoms with Gasteiger partial charge in [0.1, 0.15) is 11.6 Å². The smallest absolute Gasteiger partial charge is 0.337 e. The fourth-order valence-corrected chi connectivity index (χ4v) is 7.07. The van der Waals surface area contributed by atoms with Crippen LogP contribution >= 0.6 is 23.1 Å². The number of Topliss-reactive ketones (excluding diaryl/α,β-unsaturated/α-hetero) is 1. The molecule has 13 heteroatoms. The number of nitriles is 1. The van der Waals surface area contributed by atoms with Gasteiger partial charge < -0.3 is 20.9 Å². The van der Waals surface area contributed by atoms with E-state index in [-0.39, 0.29) is 39.6 Å². The molecular weight excluding hydrogens is 589 g/mol. The third-order valence-corrected chi connectivity index (χ3v) is 9.22. The summed E-state index contributed by atoms with van der Waals surface area (Å²) in [5, 5.41) is 31.2. The molecule has 2 aromatic carbocycles. The lowest BCUT2D eigenvalue weighted by atomic mass is 9.68. The number of methoxy groups -OCH3 is 1. The third-order valence-electron chi connectivity index (χ3n) is 7.18. The van der Waals surface area contributed by atoms with Crippen LogP contribution in [0.3, 0.4) is 0 Å². The van der Waals surface area contributed by atoms with Crippen LogP contribution in [0.2, 0.25) is 0 Å². The second-order valence-corrected chi connectivity index (χ2v) is 12.9. The molecule has 1 aliphatic heterocycles. The van der Waals surface area contributed by atoms with Gasteiger partial charge in [-0.25, -0.2) is 4.79 Å². The van der Waals surface area contributed by atoms with Crippen molar-refractivity contribution < 1.29 is 24.2 Å². The van der Waals surface area contributed by atoms with Crippen LogP contribution in [0.15, 0.2) is 75.5 Å². The number of ether oxygens (including phenoxy) is 1. The number of thioether (sulfide) groups is 1. The van der Waals surface area contributed by atoms with Gasteiger partial charge in [0.25, 0.3) is 0 Å². The summed E-state index contributed by atoms with van der Waals surface area (Å²) in [5.41, 5.74) is 8.54. The molecule has 0 radical (unpaired) electrons. The number of rotatable bonds is 8. The van der Waals surface area contributed by atoms with Crippen molar-refractivity contribution in [2.24, 2.45) is 11.1 Å². The van der Waals surface area contributed by atoms with E-state index in [1.165, 1.54) is 23.5 Å². The molecule has 0 saturated heterocycles. The number of ketones is 1. The first-order valence-corrected chi connectivity index (χ1v) is 15.0. The number of nitrogens with one attached hydrogen (secondary N) is 1. The number of carboxylic acids is 1. The number of hydrogen-bond donors (Lipinski definition) is 3. The Hall–Kier alpha value is -4.67. The number of benzene rings is 2. The quantitative estimate of drug-likeness (QED) is 0.294. The van der Waals surface area contributed by atoms with E-state index in [0.29, 0.717) is 44.9 Å². The van der Waals surface area contributed by atoms with Crippen molar-refractivity contribution in [2.75, 3.05) is 23.1 Å². The van der Waals surface area contributed by atoms with Crippen molar-refractivity contribution in [3.8, 4) is 11.8 Å². The number of hydrogen-bond acceptors (Lipinski definition) is 11. The minimum Gasteiger partial charge on any atom is -0.496 e. The SMILES string of the molecule is COc1ccccc1C1C(C#N)=C(N)N(c2nnc(SCC(=O)Nc3ccccc3C(=O)O)s2)C2=C1C(=O)CC(C)(C)C2. The molecule has 3 aromatic rings. The Morgan fingerprint density at radius 1 is 1.21 bits per heavy atom. The van der Waals surface area contributed by atoms with Gasteiger partial charge >= 0.3 is 5.97 Å². The average molecular weight is 617 g/mol. The van der Waals surface area contributed by atoms with E-state index in [0.717, 1.165) is 11.8 Å². The normalized spacial score (nSPS) is 17.8. The lowest BCUT2D eigenvalue weighted by Gasteiger charge is -2.42. The van der Waals surface area contributed by atoms with Gasteiger partial charge in [-0.1, -0.05) is 67.3 Å². The lowest BCUT2D eigenvalue weighted by Crippen LogP contribution is -2.42. The van der Waals surface area contributed by atoms with Crippen LogP contribution in [0.1, 0.15) is 48.5 Å². The number of carboxylic acid groups (broad SMARTS) is 1. The van der Waals surface area contributed by atoms with Crippen LogP contribution < -0.4 is 20.7 Å². The van der Waals surface area contributed by atoms with Gasteiger partial charge in [0.2, 0.25) is 11.0 Å². The summed E-state index contributed by atoms with van der Waals surface area (Å²) < 4.78 is 6.05. The topological polar surface area (TPSA) is 172 Å². The number of nitrogens with two attached hydrogens (primary N) is 1. The van der Waals surface area contributed by atoms with E-state index < -0.39 is 17.8 Å². The molecule has 0 saturated carbocycles. The molecular formula is C30H28N6O5S2. The molecule has 1 aromatic heterocycles. The van der Waals surface area contributed by atoms with Gasteiger partial charge in [-0.05, 0) is 30.0 Å². The number of carbonyl (C=O) groups excluding carboxylic acids is 2. The Labute approximate surface area is 256 Å². The Kier molecular flexibility index (Phi) is 8.25. The minimum atomic E-state index is -1.15. The second kappa shape index (κ2) is 11.9. The summed E-state index contributed by atoms with van der Waals surface area (Å²) in [6.45, 7) is 4.01. The number of anilines is 2. The number of aromatic nitrogens is 2. The van der Waals surface area contributed by atoms with Crippen molar-refractivity contribution in [1.82, 2.24) is 10.2 Å². The monoisotopic (exact) mass is 616 g/mol. The van der Waals surface area contributed by atoms with E-state index in [1.54, 1.807) is 30.2 Å². The van der Waals surface area contributed by atoms with Crippen molar-refractivity contribution in [3.63, 3.8) is 0 Å². The van der Waals surface area contributed by atoms with Crippen LogP contribution in [-0.2, 0) is 9.59 Å². The van der Waals surface area contributed by atoms with Gasteiger partial charge in [-0.3, -0.25) is 14.5 Å². The van der Waals surface area contributed by atoms with Crippen LogP contribution in [-0.4, -0.2) is 45.8 Å². The Bertz CT molecular complexity index is 1740. The number of allylic oxidation sites excluding steroid dienone is 3. The molecule has 1 aliphatic carbocycles.